The van der Waals surface area contributed by atoms with Crippen molar-refractivity contribution >= 4 is 30.3 Å². The molecule has 1 aromatic rings. The number of rotatable bonds is 6. The maximum Gasteiger partial charge on any atom is 0.388 e. The van der Waals surface area contributed by atoms with Crippen molar-refractivity contribution in [1.82, 2.24) is 0 Å². The predicted molar refractivity (Wildman–Crippen MR) is 54.8 cm³/mol. The molecule has 0 heterocycles. The molecule has 1 rings (SSSR count). The van der Waals surface area contributed by atoms with Crippen LogP contribution in [0.4, 0.5) is 0 Å². The largest absolute Gasteiger partial charge is 0.429 e. The summed E-state index contributed by atoms with van der Waals surface area (Å²) in [6.07, 6.45) is -0.273. The summed E-state index contributed by atoms with van der Waals surface area (Å²) in [6.45, 7) is 0.216. The van der Waals surface area contributed by atoms with Crippen LogP contribution >= 0.6 is 0 Å². The minimum atomic E-state index is -1.56. The Hall–Kier alpha value is -2.83. The third-order valence-corrected chi connectivity index (χ3v) is 1.73. The van der Waals surface area contributed by atoms with Crippen LogP contribution in [0.25, 0.3) is 0 Å². The van der Waals surface area contributed by atoms with Crippen LogP contribution in [0.3, 0.4) is 0 Å². The fraction of sp³-hybridized carbons (Fsp3) is 0. The van der Waals surface area contributed by atoms with Crippen molar-refractivity contribution in [3.63, 3.8) is 0 Å². The van der Waals surface area contributed by atoms with E-state index in [1.165, 1.54) is 24.3 Å². The molecular weight excluding hydrogens is 244 g/mol. The molecule has 0 spiro atoms. The summed E-state index contributed by atoms with van der Waals surface area (Å²) in [6, 6.07) is 5.11. The highest BCUT2D eigenvalue weighted by atomic mass is 16.5. The van der Waals surface area contributed by atoms with Gasteiger partial charge in [-0.1, -0.05) is 0 Å². The fourth-order valence-electron chi connectivity index (χ4n) is 0.949. The highest BCUT2D eigenvalue weighted by molar-refractivity contribution is 6.73. The molecule has 0 atom stereocenters. The first kappa shape index (κ1) is 13.2. The first-order valence-corrected chi connectivity index (χ1v) is 4.54. The van der Waals surface area contributed by atoms with E-state index in [4.69, 9.17) is 0 Å². The number of carbonyl (C=O) groups is 5. The second kappa shape index (κ2) is 6.04. The predicted octanol–water partition coefficient (Wildman–Crippen LogP) is -0.536. The number of benzene rings is 1. The summed E-state index contributed by atoms with van der Waals surface area (Å²) in [4.78, 5) is 52.6. The summed E-state index contributed by atoms with van der Waals surface area (Å²) in [5, 5.41) is 0. The van der Waals surface area contributed by atoms with Crippen molar-refractivity contribution in [3.8, 4) is 11.5 Å². The van der Waals surface area contributed by atoms with E-state index in [9.17, 15) is 24.0 Å². The van der Waals surface area contributed by atoms with Gasteiger partial charge in [0.15, 0.2) is 6.29 Å². The summed E-state index contributed by atoms with van der Waals surface area (Å²) in [5.74, 6) is -4.33. The molecule has 0 bridgehead atoms. The first-order chi connectivity index (χ1) is 8.58. The molecule has 7 heteroatoms. The third kappa shape index (κ3) is 3.34. The van der Waals surface area contributed by atoms with Gasteiger partial charge in [0.1, 0.15) is 11.5 Å². The number of ether oxygens (including phenoxy) is 2. The van der Waals surface area contributed by atoms with Gasteiger partial charge in [-0.05, 0) is 24.3 Å². The Morgan fingerprint density at radius 1 is 0.944 bits per heavy atom. The van der Waals surface area contributed by atoms with Gasteiger partial charge in [0.05, 0.1) is 0 Å². The van der Waals surface area contributed by atoms with Crippen LogP contribution in [-0.2, 0) is 24.0 Å². The standard InChI is InChI=1S/C11H6O7/c12-5-9(14)10(15)11(16)18-8-3-1-7(2-4-8)17-6-13/h1-6H. The van der Waals surface area contributed by atoms with Crippen LogP contribution in [-0.4, -0.2) is 30.3 Å². The average Bonchev–Trinajstić information content (AvgIpc) is 2.39. The SMILES string of the molecule is O=COc1ccc(OC(=O)C(=O)C(=O)C=O)cc1. The molecule has 0 N–H and O–H groups in total. The Kier molecular flexibility index (Phi) is 4.44. The van der Waals surface area contributed by atoms with E-state index >= 15 is 0 Å². The highest BCUT2D eigenvalue weighted by Gasteiger charge is 2.24. The normalized spacial score (nSPS) is 9.11. The quantitative estimate of drug-likeness (QED) is 0.219. The van der Waals surface area contributed by atoms with E-state index in [1.54, 1.807) is 0 Å². The van der Waals surface area contributed by atoms with Crippen molar-refractivity contribution in [2.75, 3.05) is 0 Å². The molecule has 7 nitrogen and oxygen atoms in total. The van der Waals surface area contributed by atoms with E-state index in [0.717, 1.165) is 0 Å². The van der Waals surface area contributed by atoms with E-state index in [-0.39, 0.29) is 24.3 Å². The Labute approximate surface area is 100 Å². The molecule has 0 unspecified atom stereocenters. The van der Waals surface area contributed by atoms with Crippen LogP contribution in [0.2, 0.25) is 0 Å². The number of esters is 1. The summed E-state index contributed by atoms with van der Waals surface area (Å²) >= 11 is 0. The van der Waals surface area contributed by atoms with Gasteiger partial charge < -0.3 is 9.47 Å². The average molecular weight is 250 g/mol. The lowest BCUT2D eigenvalue weighted by Gasteiger charge is -2.02. The highest BCUT2D eigenvalue weighted by Crippen LogP contribution is 2.17. The Balaban J connectivity index is 2.70. The van der Waals surface area contributed by atoms with Gasteiger partial charge in [-0.3, -0.25) is 19.2 Å². The number of carbonyl (C=O) groups excluding carboxylic acids is 5. The summed E-state index contributed by atoms with van der Waals surface area (Å²) in [5.41, 5.74) is 0. The third-order valence-electron chi connectivity index (χ3n) is 1.73. The van der Waals surface area contributed by atoms with Crippen molar-refractivity contribution in [1.29, 1.82) is 0 Å². The van der Waals surface area contributed by atoms with Crippen LogP contribution in [0.5, 0.6) is 11.5 Å². The van der Waals surface area contributed by atoms with Gasteiger partial charge in [-0.15, -0.1) is 0 Å². The van der Waals surface area contributed by atoms with Crippen LogP contribution < -0.4 is 9.47 Å². The van der Waals surface area contributed by atoms with E-state index < -0.39 is 17.5 Å². The van der Waals surface area contributed by atoms with Crippen LogP contribution in [0.15, 0.2) is 24.3 Å². The molecule has 92 valence electrons. The van der Waals surface area contributed by atoms with Crippen molar-refractivity contribution in [2.24, 2.45) is 0 Å². The fourth-order valence-corrected chi connectivity index (χ4v) is 0.949. The van der Waals surface area contributed by atoms with Gasteiger partial charge >= 0.3 is 11.8 Å². The Morgan fingerprint density at radius 3 is 2.00 bits per heavy atom. The summed E-state index contributed by atoms with van der Waals surface area (Å²) in [7, 11) is 0. The zero-order valence-electron chi connectivity index (χ0n) is 8.82. The lowest BCUT2D eigenvalue weighted by molar-refractivity contribution is -0.152. The van der Waals surface area contributed by atoms with Crippen LogP contribution in [0.1, 0.15) is 0 Å². The second-order valence-corrected chi connectivity index (χ2v) is 2.89. The molecule has 0 saturated carbocycles. The molecule has 0 aliphatic rings. The number of aldehydes is 1. The van der Waals surface area contributed by atoms with Gasteiger partial charge in [-0.2, -0.15) is 0 Å². The van der Waals surface area contributed by atoms with Gasteiger partial charge in [0.2, 0.25) is 0 Å². The minimum absolute atomic E-state index is 0.0368. The molecule has 18 heavy (non-hydrogen) atoms. The lowest BCUT2D eigenvalue weighted by Crippen LogP contribution is -2.28. The number of hydrogen-bond donors (Lipinski definition) is 0. The monoisotopic (exact) mass is 250 g/mol. The van der Waals surface area contributed by atoms with Gasteiger partial charge in [0.25, 0.3) is 12.3 Å². The first-order valence-electron chi connectivity index (χ1n) is 4.54. The topological polar surface area (TPSA) is 104 Å². The van der Waals surface area contributed by atoms with Crippen molar-refractivity contribution in [2.45, 2.75) is 0 Å². The summed E-state index contributed by atoms with van der Waals surface area (Å²) < 4.78 is 9.00. The molecule has 0 saturated heterocycles. The van der Waals surface area contributed by atoms with E-state index in [0.29, 0.717) is 0 Å². The van der Waals surface area contributed by atoms with E-state index in [2.05, 4.69) is 9.47 Å². The van der Waals surface area contributed by atoms with Crippen molar-refractivity contribution in [3.05, 3.63) is 24.3 Å². The molecule has 0 aliphatic heterocycles. The maximum atomic E-state index is 11.1. The number of hydrogen-bond acceptors (Lipinski definition) is 7. The maximum absolute atomic E-state index is 11.1. The zero-order valence-corrected chi connectivity index (χ0v) is 8.82. The van der Waals surface area contributed by atoms with Gasteiger partial charge in [0, 0.05) is 0 Å². The van der Waals surface area contributed by atoms with E-state index in [1.807, 2.05) is 0 Å². The van der Waals surface area contributed by atoms with Crippen molar-refractivity contribution < 1.29 is 33.4 Å². The molecule has 0 aromatic heterocycles. The Bertz CT molecular complexity index is 501. The molecule has 0 radical (unpaired) electrons. The molecule has 0 fully saturated rings. The second-order valence-electron chi connectivity index (χ2n) is 2.89. The van der Waals surface area contributed by atoms with Gasteiger partial charge in [-0.25, -0.2) is 4.79 Å². The number of Topliss-reactive ketones (excluding diaryl/α,β-unsaturated/α-hetero) is 2. The molecule has 1 aromatic carbocycles. The Morgan fingerprint density at radius 2 is 1.50 bits per heavy atom. The smallest absolute Gasteiger partial charge is 0.388 e. The zero-order chi connectivity index (χ0) is 13.5. The van der Waals surface area contributed by atoms with Crippen LogP contribution in [0, 0.1) is 0 Å². The number of ketones is 2. The minimum Gasteiger partial charge on any atom is -0.429 e. The lowest BCUT2D eigenvalue weighted by atomic mass is 10.3. The molecule has 0 amide bonds. The molecule has 0 aliphatic carbocycles. The molecular formula is C11H6O7.